The van der Waals surface area contributed by atoms with Gasteiger partial charge < -0.3 is 5.11 Å². The average molecular weight is 234 g/mol. The van der Waals surface area contributed by atoms with Crippen molar-refractivity contribution in [1.29, 1.82) is 0 Å². The second-order valence-electron chi connectivity index (χ2n) is 3.26. The Kier molecular flexibility index (Phi) is 5.25. The Hall–Kier alpha value is -1.13. The van der Waals surface area contributed by atoms with Crippen LogP contribution in [0.4, 0.5) is 4.39 Å². The minimum absolute atomic E-state index is 0. The first-order chi connectivity index (χ1) is 6.52. The smallest absolute Gasteiger partial charge is 0.325 e. The highest BCUT2D eigenvalue weighted by Gasteiger charge is 2.21. The molecule has 0 heterocycles. The molecule has 0 aromatic heterocycles. The van der Waals surface area contributed by atoms with Gasteiger partial charge >= 0.3 is 5.97 Å². The summed E-state index contributed by atoms with van der Waals surface area (Å²) in [6.07, 6.45) is 0. The van der Waals surface area contributed by atoms with Crippen LogP contribution in [-0.2, 0) is 4.79 Å². The maximum absolute atomic E-state index is 12.8. The third-order valence-electron chi connectivity index (χ3n) is 1.91. The zero-order valence-electron chi connectivity index (χ0n) is 8.48. The Morgan fingerprint density at radius 2 is 2.07 bits per heavy atom. The molecule has 0 aliphatic rings. The van der Waals surface area contributed by atoms with Gasteiger partial charge in [-0.05, 0) is 31.8 Å². The number of hydrogen-bond donors (Lipinski definition) is 1. The Morgan fingerprint density at radius 1 is 1.47 bits per heavy atom. The number of carbonyl (C=O) groups is 1. The van der Waals surface area contributed by atoms with Crippen LogP contribution in [0.5, 0.6) is 0 Å². The van der Waals surface area contributed by atoms with Gasteiger partial charge in [-0.15, -0.1) is 12.4 Å². The standard InChI is InChI=1S/C10H12FNO2.ClH/c1-12(2)9(10(13)14)7-4-3-5-8(11)6-7;/h3-6,9H,1-2H3,(H,13,14);1H. The van der Waals surface area contributed by atoms with Gasteiger partial charge in [0.2, 0.25) is 0 Å². The van der Waals surface area contributed by atoms with Gasteiger partial charge in [0.15, 0.2) is 0 Å². The van der Waals surface area contributed by atoms with Gasteiger partial charge in [0.05, 0.1) is 0 Å². The number of likely N-dealkylation sites (N-methyl/N-ethyl adjacent to an activating group) is 1. The molecule has 84 valence electrons. The summed E-state index contributed by atoms with van der Waals surface area (Å²) in [7, 11) is 3.29. The SMILES string of the molecule is CN(C)C(C(=O)O)c1cccc(F)c1.Cl. The lowest BCUT2D eigenvalue weighted by atomic mass is 10.1. The molecule has 1 aromatic rings. The number of halogens is 2. The van der Waals surface area contributed by atoms with Gasteiger partial charge in [-0.1, -0.05) is 12.1 Å². The zero-order chi connectivity index (χ0) is 10.7. The van der Waals surface area contributed by atoms with Gasteiger partial charge in [0.1, 0.15) is 11.9 Å². The lowest BCUT2D eigenvalue weighted by Crippen LogP contribution is -2.27. The van der Waals surface area contributed by atoms with Crippen LogP contribution in [0.1, 0.15) is 11.6 Å². The second-order valence-corrected chi connectivity index (χ2v) is 3.26. The lowest BCUT2D eigenvalue weighted by Gasteiger charge is -2.20. The molecule has 1 rings (SSSR count). The summed E-state index contributed by atoms with van der Waals surface area (Å²) in [6.45, 7) is 0. The van der Waals surface area contributed by atoms with Crippen LogP contribution in [0, 0.1) is 5.82 Å². The summed E-state index contributed by atoms with van der Waals surface area (Å²) < 4.78 is 12.8. The third kappa shape index (κ3) is 3.49. The number of hydrogen-bond acceptors (Lipinski definition) is 2. The van der Waals surface area contributed by atoms with Crippen molar-refractivity contribution in [2.75, 3.05) is 14.1 Å². The minimum atomic E-state index is -0.986. The van der Waals surface area contributed by atoms with Crippen LogP contribution >= 0.6 is 12.4 Å². The maximum Gasteiger partial charge on any atom is 0.325 e. The average Bonchev–Trinajstić information content (AvgIpc) is 2.02. The second kappa shape index (κ2) is 5.68. The number of nitrogens with zero attached hydrogens (tertiary/aromatic N) is 1. The van der Waals surface area contributed by atoms with Crippen molar-refractivity contribution in [3.8, 4) is 0 Å². The molecule has 1 N–H and O–H groups in total. The Labute approximate surface area is 93.9 Å². The molecular weight excluding hydrogens is 221 g/mol. The van der Waals surface area contributed by atoms with E-state index in [1.54, 1.807) is 20.2 Å². The normalized spacial score (nSPS) is 12.0. The first-order valence-corrected chi connectivity index (χ1v) is 4.17. The van der Waals surface area contributed by atoms with Crippen LogP contribution in [0.15, 0.2) is 24.3 Å². The predicted molar refractivity (Wildman–Crippen MR) is 57.7 cm³/mol. The highest BCUT2D eigenvalue weighted by Crippen LogP contribution is 2.18. The topological polar surface area (TPSA) is 40.5 Å². The van der Waals surface area contributed by atoms with Crippen LogP contribution in [-0.4, -0.2) is 30.1 Å². The molecule has 1 atom stereocenters. The summed E-state index contributed by atoms with van der Waals surface area (Å²) in [4.78, 5) is 12.4. The monoisotopic (exact) mass is 233 g/mol. The Balaban J connectivity index is 0.00000196. The maximum atomic E-state index is 12.8. The van der Waals surface area contributed by atoms with Crippen molar-refractivity contribution < 1.29 is 14.3 Å². The van der Waals surface area contributed by atoms with Crippen molar-refractivity contribution >= 4 is 18.4 Å². The van der Waals surface area contributed by atoms with E-state index in [2.05, 4.69) is 0 Å². The molecule has 0 saturated heterocycles. The molecule has 0 radical (unpaired) electrons. The fourth-order valence-electron chi connectivity index (χ4n) is 1.34. The van der Waals surface area contributed by atoms with Crippen LogP contribution in [0.2, 0.25) is 0 Å². The molecular formula is C10H13ClFNO2. The number of benzene rings is 1. The zero-order valence-corrected chi connectivity index (χ0v) is 9.29. The fraction of sp³-hybridized carbons (Fsp3) is 0.300. The van der Waals surface area contributed by atoms with Crippen molar-refractivity contribution in [2.45, 2.75) is 6.04 Å². The summed E-state index contributed by atoms with van der Waals surface area (Å²) in [5.74, 6) is -1.41. The minimum Gasteiger partial charge on any atom is -0.480 e. The van der Waals surface area contributed by atoms with Gasteiger partial charge in [-0.3, -0.25) is 9.69 Å². The molecule has 0 amide bonds. The molecule has 15 heavy (non-hydrogen) atoms. The fourth-order valence-corrected chi connectivity index (χ4v) is 1.34. The van der Waals surface area contributed by atoms with E-state index in [4.69, 9.17) is 5.11 Å². The van der Waals surface area contributed by atoms with E-state index in [0.717, 1.165) is 0 Å². The predicted octanol–water partition coefficient (Wildman–Crippen LogP) is 1.93. The molecule has 5 heteroatoms. The lowest BCUT2D eigenvalue weighted by molar-refractivity contribution is -0.142. The van der Waals surface area contributed by atoms with E-state index in [9.17, 15) is 9.18 Å². The van der Waals surface area contributed by atoms with Crippen LogP contribution in [0.3, 0.4) is 0 Å². The molecule has 0 aliphatic carbocycles. The van der Waals surface area contributed by atoms with E-state index in [1.807, 2.05) is 0 Å². The van der Waals surface area contributed by atoms with Crippen molar-refractivity contribution in [1.82, 2.24) is 4.90 Å². The van der Waals surface area contributed by atoms with Gasteiger partial charge in [-0.25, -0.2) is 4.39 Å². The summed E-state index contributed by atoms with van der Waals surface area (Å²) >= 11 is 0. The summed E-state index contributed by atoms with van der Waals surface area (Å²) in [5, 5.41) is 8.92. The Morgan fingerprint density at radius 3 is 2.47 bits per heavy atom. The van der Waals surface area contributed by atoms with E-state index < -0.39 is 17.8 Å². The van der Waals surface area contributed by atoms with Crippen LogP contribution in [0.25, 0.3) is 0 Å². The molecule has 1 aromatic carbocycles. The van der Waals surface area contributed by atoms with Gasteiger partial charge in [-0.2, -0.15) is 0 Å². The van der Waals surface area contributed by atoms with E-state index in [1.165, 1.54) is 23.1 Å². The van der Waals surface area contributed by atoms with E-state index in [0.29, 0.717) is 5.56 Å². The molecule has 0 bridgehead atoms. The number of carboxylic acids is 1. The number of aliphatic carboxylic acids is 1. The van der Waals surface area contributed by atoms with Gasteiger partial charge in [0.25, 0.3) is 0 Å². The van der Waals surface area contributed by atoms with Crippen molar-refractivity contribution in [3.05, 3.63) is 35.6 Å². The summed E-state index contributed by atoms with van der Waals surface area (Å²) in [6, 6.07) is 4.83. The molecule has 0 aliphatic heterocycles. The summed E-state index contributed by atoms with van der Waals surface area (Å²) in [5.41, 5.74) is 0.447. The van der Waals surface area contributed by atoms with E-state index in [-0.39, 0.29) is 12.4 Å². The molecule has 0 spiro atoms. The molecule has 3 nitrogen and oxygen atoms in total. The largest absolute Gasteiger partial charge is 0.480 e. The molecule has 0 fully saturated rings. The molecule has 1 unspecified atom stereocenters. The first kappa shape index (κ1) is 13.9. The number of carboxylic acid groups (broad SMARTS) is 1. The van der Waals surface area contributed by atoms with E-state index >= 15 is 0 Å². The first-order valence-electron chi connectivity index (χ1n) is 4.17. The quantitative estimate of drug-likeness (QED) is 0.868. The third-order valence-corrected chi connectivity index (χ3v) is 1.91. The van der Waals surface area contributed by atoms with Crippen molar-refractivity contribution in [2.24, 2.45) is 0 Å². The highest BCUT2D eigenvalue weighted by molar-refractivity contribution is 5.85. The molecule has 0 saturated carbocycles. The number of rotatable bonds is 3. The van der Waals surface area contributed by atoms with Crippen molar-refractivity contribution in [3.63, 3.8) is 0 Å². The Bertz CT molecular complexity index is 344. The highest BCUT2D eigenvalue weighted by atomic mass is 35.5. The van der Waals surface area contributed by atoms with Crippen LogP contribution < -0.4 is 0 Å². The van der Waals surface area contributed by atoms with Gasteiger partial charge in [0, 0.05) is 0 Å².